The van der Waals surface area contributed by atoms with Crippen LogP contribution in [0.1, 0.15) is 40.2 Å². The van der Waals surface area contributed by atoms with Gasteiger partial charge in [0.2, 0.25) is 0 Å². The normalized spacial score (nSPS) is 15.5. The molecule has 1 saturated heterocycles. The Kier molecular flexibility index (Phi) is 7.25. The molecule has 1 aliphatic rings. The van der Waals surface area contributed by atoms with Crippen LogP contribution in [0.2, 0.25) is 0 Å². The van der Waals surface area contributed by atoms with Crippen molar-refractivity contribution in [1.82, 2.24) is 10.2 Å². The first kappa shape index (κ1) is 22.4. The van der Waals surface area contributed by atoms with Crippen LogP contribution in [0, 0.1) is 0 Å². The zero-order valence-corrected chi connectivity index (χ0v) is 18.8. The highest BCUT2D eigenvalue weighted by atomic mass is 16.5. The third-order valence-corrected chi connectivity index (χ3v) is 5.94. The molecule has 0 aliphatic carbocycles. The second-order valence-electron chi connectivity index (χ2n) is 8.24. The number of benzene rings is 3. The molecule has 4 rings (SSSR count). The van der Waals surface area contributed by atoms with Gasteiger partial charge in [-0.2, -0.15) is 0 Å². The topological polar surface area (TPSA) is 70.7 Å². The minimum Gasteiger partial charge on any atom is -0.497 e. The van der Waals surface area contributed by atoms with E-state index in [4.69, 9.17) is 4.74 Å². The number of rotatable bonds is 6. The molecule has 0 aromatic heterocycles. The third kappa shape index (κ3) is 5.92. The van der Waals surface area contributed by atoms with Crippen LogP contribution >= 0.6 is 0 Å². The van der Waals surface area contributed by atoms with Crippen LogP contribution in [0.25, 0.3) is 0 Å². The number of likely N-dealkylation sites (tertiary alicyclic amines) is 1. The monoisotopic (exact) mass is 443 g/mol. The quantitative estimate of drug-likeness (QED) is 0.561. The molecule has 3 aromatic carbocycles. The number of amides is 3. The number of nitrogens with zero attached hydrogens (tertiary/aromatic N) is 1. The Hall–Kier alpha value is -3.80. The molecule has 170 valence electrons. The maximum absolute atomic E-state index is 12.8. The first-order valence-corrected chi connectivity index (χ1v) is 11.2. The van der Waals surface area contributed by atoms with Crippen molar-refractivity contribution in [1.29, 1.82) is 0 Å². The van der Waals surface area contributed by atoms with E-state index >= 15 is 0 Å². The summed E-state index contributed by atoms with van der Waals surface area (Å²) >= 11 is 0. The van der Waals surface area contributed by atoms with Gasteiger partial charge in [0.1, 0.15) is 5.75 Å². The highest BCUT2D eigenvalue weighted by Gasteiger charge is 2.25. The summed E-state index contributed by atoms with van der Waals surface area (Å²) < 4.78 is 5.24. The Bertz CT molecular complexity index is 1100. The van der Waals surface area contributed by atoms with Crippen LogP contribution in [-0.4, -0.2) is 37.0 Å². The maximum Gasteiger partial charge on any atom is 0.321 e. The number of methoxy groups -OCH3 is 1. The van der Waals surface area contributed by atoms with Gasteiger partial charge in [-0.15, -0.1) is 0 Å². The Morgan fingerprint density at radius 3 is 2.64 bits per heavy atom. The van der Waals surface area contributed by atoms with Gasteiger partial charge >= 0.3 is 6.03 Å². The first-order chi connectivity index (χ1) is 16.1. The van der Waals surface area contributed by atoms with E-state index in [9.17, 15) is 9.59 Å². The highest BCUT2D eigenvalue weighted by Crippen LogP contribution is 2.28. The fourth-order valence-electron chi connectivity index (χ4n) is 4.16. The zero-order chi connectivity index (χ0) is 23.0. The minimum absolute atomic E-state index is 0.0851. The van der Waals surface area contributed by atoms with E-state index in [0.29, 0.717) is 18.7 Å². The van der Waals surface area contributed by atoms with Crippen LogP contribution in [-0.2, 0) is 6.54 Å². The summed E-state index contributed by atoms with van der Waals surface area (Å²) in [6, 6.07) is 24.8. The number of carbonyl (C=O) groups is 2. The number of nitrogens with one attached hydrogen (secondary N) is 2. The fraction of sp³-hybridized carbons (Fsp3) is 0.259. The molecule has 6 heteroatoms. The number of anilines is 1. The van der Waals surface area contributed by atoms with E-state index in [2.05, 4.69) is 10.6 Å². The number of hydrogen-bond donors (Lipinski definition) is 2. The van der Waals surface area contributed by atoms with Gasteiger partial charge in [-0.25, -0.2) is 4.79 Å². The third-order valence-electron chi connectivity index (χ3n) is 5.94. The van der Waals surface area contributed by atoms with Crippen LogP contribution in [0.5, 0.6) is 5.75 Å². The lowest BCUT2D eigenvalue weighted by Gasteiger charge is -2.33. The Morgan fingerprint density at radius 1 is 1.00 bits per heavy atom. The molecule has 0 radical (unpaired) electrons. The number of para-hydroxylation sites is 1. The molecule has 0 saturated carbocycles. The molecule has 33 heavy (non-hydrogen) atoms. The maximum atomic E-state index is 12.8. The van der Waals surface area contributed by atoms with Crippen LogP contribution < -0.4 is 15.4 Å². The van der Waals surface area contributed by atoms with Gasteiger partial charge in [0.25, 0.3) is 5.91 Å². The van der Waals surface area contributed by atoms with Crippen LogP contribution in [0.3, 0.4) is 0 Å². The lowest BCUT2D eigenvalue weighted by molar-refractivity contribution is 0.0950. The average molecular weight is 444 g/mol. The molecule has 6 nitrogen and oxygen atoms in total. The average Bonchev–Trinajstić information content (AvgIpc) is 2.88. The van der Waals surface area contributed by atoms with Gasteiger partial charge < -0.3 is 20.3 Å². The molecule has 1 unspecified atom stereocenters. The smallest absolute Gasteiger partial charge is 0.321 e. The molecular formula is C27H29N3O3. The number of hydrogen-bond acceptors (Lipinski definition) is 3. The van der Waals surface area contributed by atoms with Gasteiger partial charge in [-0.05, 0) is 60.4 Å². The van der Waals surface area contributed by atoms with Crippen molar-refractivity contribution < 1.29 is 14.3 Å². The summed E-state index contributed by atoms with van der Waals surface area (Å²) in [6.45, 7) is 1.79. The summed E-state index contributed by atoms with van der Waals surface area (Å²) in [5, 5.41) is 5.95. The molecule has 3 aromatic rings. The van der Waals surface area contributed by atoms with Crippen molar-refractivity contribution >= 4 is 17.6 Å². The van der Waals surface area contributed by atoms with E-state index in [1.807, 2.05) is 83.8 Å². The van der Waals surface area contributed by atoms with Crippen molar-refractivity contribution in [3.63, 3.8) is 0 Å². The zero-order valence-electron chi connectivity index (χ0n) is 18.8. The lowest BCUT2D eigenvalue weighted by atomic mass is 9.89. The number of carbonyl (C=O) groups excluding carboxylic acids is 2. The van der Waals surface area contributed by atoms with E-state index in [-0.39, 0.29) is 17.9 Å². The summed E-state index contributed by atoms with van der Waals surface area (Å²) in [5.41, 5.74) is 3.48. The van der Waals surface area contributed by atoms with Gasteiger partial charge in [0, 0.05) is 36.8 Å². The second-order valence-corrected chi connectivity index (χ2v) is 8.24. The minimum atomic E-state index is -0.117. The van der Waals surface area contributed by atoms with Crippen molar-refractivity contribution in [3.05, 3.63) is 95.6 Å². The molecule has 2 N–H and O–H groups in total. The van der Waals surface area contributed by atoms with E-state index < -0.39 is 0 Å². The number of piperidine rings is 1. The van der Waals surface area contributed by atoms with Crippen LogP contribution in [0.4, 0.5) is 10.5 Å². The molecule has 1 fully saturated rings. The van der Waals surface area contributed by atoms with Gasteiger partial charge in [0.15, 0.2) is 0 Å². The van der Waals surface area contributed by atoms with E-state index in [0.717, 1.165) is 42.0 Å². The standard InChI is InChI=1S/C27H29N3O3/c1-33-25-14-5-8-20(16-25)18-28-26(31)22-10-6-9-21(17-22)23-11-7-15-30(19-23)27(32)29-24-12-3-2-4-13-24/h2-6,8-10,12-14,16-17,23H,7,11,15,18-19H2,1H3,(H,28,31)(H,29,32). The Morgan fingerprint density at radius 2 is 1.82 bits per heavy atom. The summed E-state index contributed by atoms with van der Waals surface area (Å²) in [7, 11) is 1.63. The predicted molar refractivity (Wildman–Crippen MR) is 130 cm³/mol. The molecule has 1 atom stereocenters. The van der Waals surface area contributed by atoms with Gasteiger partial charge in [0.05, 0.1) is 7.11 Å². The van der Waals surface area contributed by atoms with Crippen molar-refractivity contribution in [2.45, 2.75) is 25.3 Å². The first-order valence-electron chi connectivity index (χ1n) is 11.2. The van der Waals surface area contributed by atoms with E-state index in [1.165, 1.54) is 0 Å². The van der Waals surface area contributed by atoms with Gasteiger partial charge in [-0.3, -0.25) is 4.79 Å². The second kappa shape index (κ2) is 10.7. The summed E-state index contributed by atoms with van der Waals surface area (Å²) in [4.78, 5) is 27.4. The van der Waals surface area contributed by atoms with E-state index in [1.54, 1.807) is 7.11 Å². The van der Waals surface area contributed by atoms with Crippen molar-refractivity contribution in [2.24, 2.45) is 0 Å². The fourth-order valence-corrected chi connectivity index (χ4v) is 4.16. The van der Waals surface area contributed by atoms with Crippen molar-refractivity contribution in [3.8, 4) is 5.75 Å². The molecule has 1 heterocycles. The number of urea groups is 1. The molecule has 3 amide bonds. The molecule has 0 bridgehead atoms. The Balaban J connectivity index is 1.38. The SMILES string of the molecule is COc1cccc(CNC(=O)c2cccc(C3CCCN(C(=O)Nc4ccccc4)C3)c2)c1. The number of ether oxygens (including phenoxy) is 1. The molecular weight excluding hydrogens is 414 g/mol. The largest absolute Gasteiger partial charge is 0.497 e. The summed E-state index contributed by atoms with van der Waals surface area (Å²) in [6.07, 6.45) is 1.92. The highest BCUT2D eigenvalue weighted by molar-refractivity contribution is 5.94. The van der Waals surface area contributed by atoms with Gasteiger partial charge in [-0.1, -0.05) is 42.5 Å². The Labute approximate surface area is 194 Å². The predicted octanol–water partition coefficient (Wildman–Crippen LogP) is 5.04. The van der Waals surface area contributed by atoms with Crippen LogP contribution in [0.15, 0.2) is 78.9 Å². The summed E-state index contributed by atoms with van der Waals surface area (Å²) in [5.74, 6) is 0.850. The lowest BCUT2D eigenvalue weighted by Crippen LogP contribution is -2.41. The molecule has 0 spiro atoms. The molecule has 1 aliphatic heterocycles. The van der Waals surface area contributed by atoms with Crippen molar-refractivity contribution in [2.75, 3.05) is 25.5 Å².